The number of piperazine rings is 1. The molecule has 1 aromatic carbocycles. The molecule has 0 amide bonds. The van der Waals surface area contributed by atoms with Crippen LogP contribution >= 0.6 is 15.9 Å². The molecule has 1 saturated heterocycles. The number of rotatable bonds is 4. The Hall–Kier alpha value is -0.830. The van der Waals surface area contributed by atoms with Crippen molar-refractivity contribution in [3.8, 4) is 11.5 Å². The van der Waals surface area contributed by atoms with Gasteiger partial charge in [-0.2, -0.15) is 4.31 Å². The third-order valence-corrected chi connectivity index (χ3v) is 6.37. The molecule has 1 heterocycles. The lowest BCUT2D eigenvalue weighted by atomic mass is 10.2. The highest BCUT2D eigenvalue weighted by molar-refractivity contribution is 9.10. The molecule has 0 spiro atoms. The predicted molar refractivity (Wildman–Crippen MR) is 88.1 cm³/mol. The standard InChI is InChI=1S/C14H21BrN2O4S/c1-9-7-17(8-10(2)16-9)22(18,19)14-6-13(21-4)12(20-3)5-11(14)15/h5-6,9-10,16H,7-8H2,1-4H3. The fourth-order valence-corrected chi connectivity index (χ4v) is 5.26. The lowest BCUT2D eigenvalue weighted by Gasteiger charge is -2.35. The van der Waals surface area contributed by atoms with Crippen LogP contribution in [0.4, 0.5) is 0 Å². The molecule has 8 heteroatoms. The number of halogens is 1. The van der Waals surface area contributed by atoms with E-state index in [1.54, 1.807) is 6.07 Å². The number of nitrogens with zero attached hydrogens (tertiary/aromatic N) is 1. The van der Waals surface area contributed by atoms with E-state index in [-0.39, 0.29) is 17.0 Å². The molecule has 2 atom stereocenters. The number of ether oxygens (including phenoxy) is 2. The summed E-state index contributed by atoms with van der Waals surface area (Å²) in [6, 6.07) is 3.33. The quantitative estimate of drug-likeness (QED) is 0.846. The van der Waals surface area contributed by atoms with Gasteiger partial charge < -0.3 is 14.8 Å². The highest BCUT2D eigenvalue weighted by atomic mass is 79.9. The Kier molecular flexibility index (Phi) is 5.37. The van der Waals surface area contributed by atoms with Gasteiger partial charge in [-0.15, -0.1) is 0 Å². The van der Waals surface area contributed by atoms with Crippen LogP contribution in [0, 0.1) is 0 Å². The molecular formula is C14H21BrN2O4S. The lowest BCUT2D eigenvalue weighted by molar-refractivity contribution is 0.262. The van der Waals surface area contributed by atoms with Gasteiger partial charge in [-0.1, -0.05) is 0 Å². The topological polar surface area (TPSA) is 67.9 Å². The van der Waals surface area contributed by atoms with Crippen molar-refractivity contribution in [3.05, 3.63) is 16.6 Å². The van der Waals surface area contributed by atoms with Gasteiger partial charge in [0.1, 0.15) is 4.90 Å². The zero-order valence-corrected chi connectivity index (χ0v) is 15.5. The molecule has 0 saturated carbocycles. The minimum Gasteiger partial charge on any atom is -0.493 e. The van der Waals surface area contributed by atoms with E-state index in [9.17, 15) is 8.42 Å². The first-order chi connectivity index (χ1) is 10.3. The number of hydrogen-bond acceptors (Lipinski definition) is 5. The van der Waals surface area contributed by atoms with E-state index in [2.05, 4.69) is 21.2 Å². The third kappa shape index (κ3) is 3.40. The summed E-state index contributed by atoms with van der Waals surface area (Å²) in [5, 5.41) is 3.33. The number of methoxy groups -OCH3 is 2. The second-order valence-corrected chi connectivity index (χ2v) is 8.19. The monoisotopic (exact) mass is 392 g/mol. The van der Waals surface area contributed by atoms with Gasteiger partial charge in [0.15, 0.2) is 11.5 Å². The Morgan fingerprint density at radius 1 is 1.14 bits per heavy atom. The van der Waals surface area contributed by atoms with Gasteiger partial charge in [0.2, 0.25) is 10.0 Å². The normalized spacial score (nSPS) is 23.3. The van der Waals surface area contributed by atoms with Crippen LogP contribution in [0.15, 0.2) is 21.5 Å². The van der Waals surface area contributed by atoms with Gasteiger partial charge in [0.25, 0.3) is 0 Å². The van der Waals surface area contributed by atoms with Crippen molar-refractivity contribution >= 4 is 26.0 Å². The molecule has 1 N–H and O–H groups in total. The molecular weight excluding hydrogens is 372 g/mol. The predicted octanol–water partition coefficient (Wildman–Crippen LogP) is 1.84. The largest absolute Gasteiger partial charge is 0.493 e. The van der Waals surface area contributed by atoms with Gasteiger partial charge in [0.05, 0.1) is 14.2 Å². The Morgan fingerprint density at radius 3 is 2.14 bits per heavy atom. The van der Waals surface area contributed by atoms with E-state index in [1.807, 2.05) is 13.8 Å². The van der Waals surface area contributed by atoms with E-state index in [4.69, 9.17) is 9.47 Å². The van der Waals surface area contributed by atoms with Crippen LogP contribution in [0.1, 0.15) is 13.8 Å². The van der Waals surface area contributed by atoms with E-state index in [0.29, 0.717) is 29.1 Å². The van der Waals surface area contributed by atoms with Gasteiger partial charge in [-0.05, 0) is 35.8 Å². The van der Waals surface area contributed by atoms with Crippen LogP contribution in [-0.2, 0) is 10.0 Å². The van der Waals surface area contributed by atoms with Gasteiger partial charge >= 0.3 is 0 Å². The van der Waals surface area contributed by atoms with E-state index in [0.717, 1.165) is 0 Å². The summed E-state index contributed by atoms with van der Waals surface area (Å²) in [5.41, 5.74) is 0. The third-order valence-electron chi connectivity index (χ3n) is 3.58. The average Bonchev–Trinajstić information content (AvgIpc) is 2.45. The van der Waals surface area contributed by atoms with Crippen molar-refractivity contribution in [2.75, 3.05) is 27.3 Å². The summed E-state index contributed by atoms with van der Waals surface area (Å²) in [6.45, 7) is 4.82. The number of benzene rings is 1. The zero-order valence-electron chi connectivity index (χ0n) is 13.1. The van der Waals surface area contributed by atoms with Crippen LogP contribution < -0.4 is 14.8 Å². The van der Waals surface area contributed by atoms with Crippen molar-refractivity contribution in [3.63, 3.8) is 0 Å². The van der Waals surface area contributed by atoms with Crippen LogP contribution in [0.3, 0.4) is 0 Å². The first kappa shape index (κ1) is 17.5. The number of nitrogens with one attached hydrogen (secondary N) is 1. The number of sulfonamides is 1. The molecule has 22 heavy (non-hydrogen) atoms. The maximum atomic E-state index is 12.9. The molecule has 0 aromatic heterocycles. The second-order valence-electron chi connectivity index (χ2n) is 5.43. The van der Waals surface area contributed by atoms with Gasteiger partial charge in [-0.25, -0.2) is 8.42 Å². The number of hydrogen-bond donors (Lipinski definition) is 1. The van der Waals surface area contributed by atoms with E-state index < -0.39 is 10.0 Å². The van der Waals surface area contributed by atoms with Crippen molar-refractivity contribution < 1.29 is 17.9 Å². The Balaban J connectivity index is 2.45. The summed E-state index contributed by atoms with van der Waals surface area (Å²) in [4.78, 5) is 0.187. The van der Waals surface area contributed by atoms with Crippen LogP contribution in [-0.4, -0.2) is 52.1 Å². The maximum Gasteiger partial charge on any atom is 0.244 e. The SMILES string of the molecule is COc1cc(Br)c(S(=O)(=O)N2CC(C)NC(C)C2)cc1OC. The van der Waals surface area contributed by atoms with Gasteiger partial charge in [0, 0.05) is 35.7 Å². The molecule has 1 aliphatic heterocycles. The molecule has 2 unspecified atom stereocenters. The average molecular weight is 393 g/mol. The van der Waals surface area contributed by atoms with Crippen LogP contribution in [0.25, 0.3) is 0 Å². The second kappa shape index (κ2) is 6.74. The molecule has 6 nitrogen and oxygen atoms in total. The first-order valence-corrected chi connectivity index (χ1v) is 9.20. The molecule has 0 bridgehead atoms. The summed E-state index contributed by atoms with van der Waals surface area (Å²) < 4.78 is 38.3. The molecule has 124 valence electrons. The van der Waals surface area contributed by atoms with Crippen molar-refractivity contribution in [1.82, 2.24) is 9.62 Å². The first-order valence-electron chi connectivity index (χ1n) is 6.97. The molecule has 1 aromatic rings. The highest BCUT2D eigenvalue weighted by Crippen LogP contribution is 2.37. The van der Waals surface area contributed by atoms with E-state index in [1.165, 1.54) is 24.6 Å². The molecule has 2 rings (SSSR count). The summed E-state index contributed by atoms with van der Waals surface area (Å²) in [6.07, 6.45) is 0. The minimum atomic E-state index is -3.61. The van der Waals surface area contributed by atoms with Gasteiger partial charge in [-0.3, -0.25) is 0 Å². The highest BCUT2D eigenvalue weighted by Gasteiger charge is 2.33. The van der Waals surface area contributed by atoms with Crippen LogP contribution in [0.2, 0.25) is 0 Å². The molecule has 0 radical (unpaired) electrons. The smallest absolute Gasteiger partial charge is 0.244 e. The Bertz CT molecular complexity index is 640. The zero-order chi connectivity index (χ0) is 16.5. The maximum absolute atomic E-state index is 12.9. The van der Waals surface area contributed by atoms with Crippen molar-refractivity contribution in [2.24, 2.45) is 0 Å². The Labute approximate surface area is 140 Å². The molecule has 1 fully saturated rings. The van der Waals surface area contributed by atoms with Crippen molar-refractivity contribution in [2.45, 2.75) is 30.8 Å². The summed E-state index contributed by atoms with van der Waals surface area (Å²) in [5.74, 6) is 0.871. The summed E-state index contributed by atoms with van der Waals surface area (Å²) >= 11 is 3.33. The molecule has 0 aliphatic carbocycles. The minimum absolute atomic E-state index is 0.109. The fourth-order valence-electron chi connectivity index (χ4n) is 2.65. The summed E-state index contributed by atoms with van der Waals surface area (Å²) in [7, 11) is -0.610. The lowest BCUT2D eigenvalue weighted by Crippen LogP contribution is -2.55. The Morgan fingerprint density at radius 2 is 1.64 bits per heavy atom. The van der Waals surface area contributed by atoms with Crippen LogP contribution in [0.5, 0.6) is 11.5 Å². The fraction of sp³-hybridized carbons (Fsp3) is 0.571. The molecule has 1 aliphatic rings. The van der Waals surface area contributed by atoms with Crippen molar-refractivity contribution in [1.29, 1.82) is 0 Å². The van der Waals surface area contributed by atoms with E-state index >= 15 is 0 Å².